The number of carbonyl (C=O) groups excluding carboxylic acids is 1. The highest BCUT2D eigenvalue weighted by Crippen LogP contribution is 2.25. The Morgan fingerprint density at radius 1 is 1.35 bits per heavy atom. The first-order valence-corrected chi connectivity index (χ1v) is 6.62. The fraction of sp³-hybridized carbons (Fsp3) is 0.533. The van der Waals surface area contributed by atoms with Crippen LogP contribution in [0.25, 0.3) is 0 Å². The van der Waals surface area contributed by atoms with Crippen molar-refractivity contribution in [3.63, 3.8) is 0 Å². The molecule has 1 aromatic carbocycles. The zero-order chi connectivity index (χ0) is 15.5. The highest BCUT2D eigenvalue weighted by Gasteiger charge is 2.17. The number of aromatic hydroxyl groups is 1. The lowest BCUT2D eigenvalue weighted by atomic mass is 10.0. The molecule has 5 heteroatoms. The number of carbonyl (C=O) groups is 1. The van der Waals surface area contributed by atoms with Crippen LogP contribution in [0.1, 0.15) is 43.5 Å². The normalized spacial score (nSPS) is 12.9. The molecule has 1 aromatic rings. The van der Waals surface area contributed by atoms with E-state index >= 15 is 0 Å². The second-order valence-corrected chi connectivity index (χ2v) is 5.99. The SMILES string of the molecule is Cc1cc(C(N)CNC(=O)OC(C)(C)C)cc(C)c1O. The van der Waals surface area contributed by atoms with E-state index in [0.717, 1.165) is 16.7 Å². The fourth-order valence-corrected chi connectivity index (χ4v) is 1.83. The first-order chi connectivity index (χ1) is 9.10. The van der Waals surface area contributed by atoms with Gasteiger partial charge in [0.1, 0.15) is 11.4 Å². The van der Waals surface area contributed by atoms with Gasteiger partial charge in [-0.1, -0.05) is 12.1 Å². The van der Waals surface area contributed by atoms with E-state index in [1.54, 1.807) is 20.8 Å². The van der Waals surface area contributed by atoms with Crippen molar-refractivity contribution in [1.29, 1.82) is 0 Å². The number of phenolic OH excluding ortho intramolecular Hbond substituents is 1. The largest absolute Gasteiger partial charge is 0.507 e. The maximum Gasteiger partial charge on any atom is 0.407 e. The van der Waals surface area contributed by atoms with Crippen molar-refractivity contribution < 1.29 is 14.6 Å². The molecule has 1 atom stereocenters. The molecule has 0 radical (unpaired) electrons. The van der Waals surface area contributed by atoms with Gasteiger partial charge in [-0.3, -0.25) is 0 Å². The number of phenols is 1. The molecule has 0 aromatic heterocycles. The molecule has 0 spiro atoms. The third-order valence-electron chi connectivity index (χ3n) is 2.81. The predicted molar refractivity (Wildman–Crippen MR) is 78.7 cm³/mol. The lowest BCUT2D eigenvalue weighted by molar-refractivity contribution is 0.0524. The first kappa shape index (κ1) is 16.3. The van der Waals surface area contributed by atoms with Gasteiger partial charge in [0.15, 0.2) is 0 Å². The lowest BCUT2D eigenvalue weighted by Gasteiger charge is -2.21. The Hall–Kier alpha value is -1.75. The van der Waals surface area contributed by atoms with Crippen molar-refractivity contribution >= 4 is 6.09 Å². The zero-order valence-electron chi connectivity index (χ0n) is 12.8. The molecule has 5 nitrogen and oxygen atoms in total. The Bertz CT molecular complexity index is 469. The Kier molecular flexibility index (Phi) is 5.00. The summed E-state index contributed by atoms with van der Waals surface area (Å²) in [6.45, 7) is 9.33. The van der Waals surface area contributed by atoms with Crippen LogP contribution in [0.15, 0.2) is 12.1 Å². The van der Waals surface area contributed by atoms with Gasteiger partial charge in [0.05, 0.1) is 0 Å². The molecule has 0 saturated carbocycles. The van der Waals surface area contributed by atoms with Crippen LogP contribution in [0.2, 0.25) is 0 Å². The minimum absolute atomic E-state index is 0.276. The summed E-state index contributed by atoms with van der Waals surface area (Å²) in [5, 5.41) is 12.4. The van der Waals surface area contributed by atoms with Crippen LogP contribution >= 0.6 is 0 Å². The van der Waals surface area contributed by atoms with Crippen molar-refractivity contribution in [2.24, 2.45) is 5.73 Å². The van der Waals surface area contributed by atoms with Crippen LogP contribution < -0.4 is 11.1 Å². The summed E-state index contributed by atoms with van der Waals surface area (Å²) in [4.78, 5) is 11.6. The molecule has 1 amide bonds. The summed E-state index contributed by atoms with van der Waals surface area (Å²) in [7, 11) is 0. The Morgan fingerprint density at radius 2 is 1.85 bits per heavy atom. The Labute approximate surface area is 120 Å². The van der Waals surface area contributed by atoms with E-state index in [-0.39, 0.29) is 18.3 Å². The fourth-order valence-electron chi connectivity index (χ4n) is 1.83. The third kappa shape index (κ3) is 4.74. The van der Waals surface area contributed by atoms with Gasteiger partial charge in [-0.05, 0) is 51.3 Å². The van der Waals surface area contributed by atoms with Gasteiger partial charge in [0, 0.05) is 12.6 Å². The highest BCUT2D eigenvalue weighted by molar-refractivity contribution is 5.67. The number of benzene rings is 1. The Morgan fingerprint density at radius 3 is 2.30 bits per heavy atom. The molecule has 0 heterocycles. The summed E-state index contributed by atoms with van der Waals surface area (Å²) < 4.78 is 5.14. The molecule has 0 fully saturated rings. The van der Waals surface area contributed by atoms with Crippen molar-refractivity contribution in [2.75, 3.05) is 6.54 Å². The van der Waals surface area contributed by atoms with Gasteiger partial charge in [-0.2, -0.15) is 0 Å². The third-order valence-corrected chi connectivity index (χ3v) is 2.81. The minimum atomic E-state index is -0.528. The van der Waals surface area contributed by atoms with E-state index in [2.05, 4.69) is 5.32 Å². The van der Waals surface area contributed by atoms with Gasteiger partial charge in [-0.15, -0.1) is 0 Å². The topological polar surface area (TPSA) is 84.6 Å². The second kappa shape index (κ2) is 6.13. The summed E-state index contributed by atoms with van der Waals surface area (Å²) in [5.74, 6) is 0.279. The van der Waals surface area contributed by atoms with Gasteiger partial charge < -0.3 is 20.9 Å². The predicted octanol–water partition coefficient (Wildman–Crippen LogP) is 2.53. The Balaban J connectivity index is 2.64. The number of alkyl carbamates (subject to hydrolysis) is 1. The van der Waals surface area contributed by atoms with Crippen LogP contribution in [-0.4, -0.2) is 23.3 Å². The monoisotopic (exact) mass is 280 g/mol. The summed E-state index contributed by atoms with van der Waals surface area (Å²) in [6, 6.07) is 3.30. The number of aryl methyl sites for hydroxylation is 2. The maximum atomic E-state index is 11.6. The molecule has 0 aliphatic heterocycles. The van der Waals surface area contributed by atoms with Crippen molar-refractivity contribution in [3.8, 4) is 5.75 Å². The van der Waals surface area contributed by atoms with Crippen LogP contribution in [0.3, 0.4) is 0 Å². The van der Waals surface area contributed by atoms with Crippen LogP contribution in [0.5, 0.6) is 5.75 Å². The molecule has 1 rings (SSSR count). The van der Waals surface area contributed by atoms with E-state index in [0.29, 0.717) is 0 Å². The van der Waals surface area contributed by atoms with E-state index in [1.165, 1.54) is 0 Å². The highest BCUT2D eigenvalue weighted by atomic mass is 16.6. The molecule has 20 heavy (non-hydrogen) atoms. The smallest absolute Gasteiger partial charge is 0.407 e. The minimum Gasteiger partial charge on any atom is -0.507 e. The van der Waals surface area contributed by atoms with E-state index in [9.17, 15) is 9.90 Å². The van der Waals surface area contributed by atoms with Gasteiger partial charge in [0.25, 0.3) is 0 Å². The van der Waals surface area contributed by atoms with Crippen molar-refractivity contribution in [3.05, 3.63) is 28.8 Å². The average Bonchev–Trinajstić information content (AvgIpc) is 2.30. The molecule has 1 unspecified atom stereocenters. The van der Waals surface area contributed by atoms with E-state index in [4.69, 9.17) is 10.5 Å². The number of hydrogen-bond acceptors (Lipinski definition) is 4. The van der Waals surface area contributed by atoms with E-state index in [1.807, 2.05) is 26.0 Å². The molecule has 0 aliphatic rings. The van der Waals surface area contributed by atoms with Crippen LogP contribution in [0.4, 0.5) is 4.79 Å². The molecule has 0 saturated heterocycles. The summed E-state index contributed by atoms with van der Waals surface area (Å²) >= 11 is 0. The lowest BCUT2D eigenvalue weighted by Crippen LogP contribution is -2.36. The molecular weight excluding hydrogens is 256 g/mol. The molecule has 0 bridgehead atoms. The number of rotatable bonds is 3. The van der Waals surface area contributed by atoms with Gasteiger partial charge >= 0.3 is 6.09 Å². The number of ether oxygens (including phenoxy) is 1. The number of hydrogen-bond donors (Lipinski definition) is 3. The van der Waals surface area contributed by atoms with Gasteiger partial charge in [0.2, 0.25) is 0 Å². The number of nitrogens with two attached hydrogens (primary N) is 1. The zero-order valence-corrected chi connectivity index (χ0v) is 12.8. The molecule has 0 aliphatic carbocycles. The van der Waals surface area contributed by atoms with Crippen molar-refractivity contribution in [1.82, 2.24) is 5.32 Å². The number of nitrogens with one attached hydrogen (secondary N) is 1. The van der Waals surface area contributed by atoms with Crippen LogP contribution in [0, 0.1) is 13.8 Å². The average molecular weight is 280 g/mol. The standard InChI is InChI=1S/C15H24N2O3/c1-9-6-11(7-10(2)13(9)18)12(16)8-17-14(19)20-15(3,4)5/h6-7,12,18H,8,16H2,1-5H3,(H,17,19). The maximum absolute atomic E-state index is 11.6. The van der Waals surface area contributed by atoms with Crippen LogP contribution in [-0.2, 0) is 4.74 Å². The van der Waals surface area contributed by atoms with Crippen molar-refractivity contribution in [2.45, 2.75) is 46.3 Å². The first-order valence-electron chi connectivity index (χ1n) is 6.62. The molecular formula is C15H24N2O3. The molecule has 4 N–H and O–H groups in total. The summed E-state index contributed by atoms with van der Waals surface area (Å²) in [5.41, 5.74) is 7.93. The van der Waals surface area contributed by atoms with Gasteiger partial charge in [-0.25, -0.2) is 4.79 Å². The molecule has 112 valence electrons. The number of amides is 1. The second-order valence-electron chi connectivity index (χ2n) is 5.99. The van der Waals surface area contributed by atoms with E-state index < -0.39 is 11.7 Å². The quantitative estimate of drug-likeness (QED) is 0.794. The summed E-state index contributed by atoms with van der Waals surface area (Å²) in [6.07, 6.45) is -0.486.